The predicted molar refractivity (Wildman–Crippen MR) is 177 cm³/mol. The molecule has 3 aromatic carbocycles. The molecule has 3 aromatic rings. The summed E-state index contributed by atoms with van der Waals surface area (Å²) in [7, 11) is 1.62. The number of hydrogen-bond donors (Lipinski definition) is 4. The third-order valence-corrected chi connectivity index (χ3v) is 8.15. The number of para-hydroxylation sites is 1. The fourth-order valence-corrected chi connectivity index (χ4v) is 5.45. The maximum Gasteiger partial charge on any atom is 0.255 e. The van der Waals surface area contributed by atoms with Crippen molar-refractivity contribution in [3.63, 3.8) is 0 Å². The van der Waals surface area contributed by atoms with E-state index in [1.807, 2.05) is 60.7 Å². The summed E-state index contributed by atoms with van der Waals surface area (Å²) in [5.74, 6) is -2.16. The molecule has 0 aromatic heterocycles. The molecule has 0 saturated heterocycles. The summed E-state index contributed by atoms with van der Waals surface area (Å²) in [6, 6.07) is 23.6. The van der Waals surface area contributed by atoms with E-state index < -0.39 is 47.7 Å². The predicted octanol–water partition coefficient (Wildman–Crippen LogP) is 2.53. The van der Waals surface area contributed by atoms with E-state index in [1.165, 1.54) is 4.90 Å². The van der Waals surface area contributed by atoms with Crippen molar-refractivity contribution in [1.82, 2.24) is 20.9 Å². The van der Waals surface area contributed by atoms with Crippen LogP contribution in [0.15, 0.2) is 84.9 Å². The van der Waals surface area contributed by atoms with E-state index >= 15 is 0 Å². The van der Waals surface area contributed by atoms with Crippen molar-refractivity contribution < 1.29 is 28.7 Å². The van der Waals surface area contributed by atoms with Crippen LogP contribution in [0.3, 0.4) is 0 Å². The van der Waals surface area contributed by atoms with Crippen LogP contribution in [0.5, 0.6) is 5.75 Å². The maximum atomic E-state index is 13.8. The second kappa shape index (κ2) is 17.5. The summed E-state index contributed by atoms with van der Waals surface area (Å²) in [6.07, 6.45) is 1.61. The highest BCUT2D eigenvalue weighted by Gasteiger charge is 2.31. The normalized spacial score (nSPS) is 19.2. The third kappa shape index (κ3) is 10.7. The molecule has 0 bridgehead atoms. The molecule has 11 heteroatoms. The summed E-state index contributed by atoms with van der Waals surface area (Å²) >= 11 is 0. The Balaban J connectivity index is 1.57. The van der Waals surface area contributed by atoms with Crippen molar-refractivity contribution in [3.05, 3.63) is 102 Å². The molecule has 5 amide bonds. The van der Waals surface area contributed by atoms with E-state index in [0.29, 0.717) is 25.1 Å². The van der Waals surface area contributed by atoms with Gasteiger partial charge in [-0.05, 0) is 55.4 Å². The first-order chi connectivity index (χ1) is 22.7. The quantitative estimate of drug-likeness (QED) is 0.249. The Hall–Kier alpha value is -5.19. The van der Waals surface area contributed by atoms with Crippen LogP contribution >= 0.6 is 0 Å². The number of carbonyl (C=O) groups excluding carboxylic acids is 5. The molecule has 248 valence electrons. The Morgan fingerprint density at radius 1 is 0.915 bits per heavy atom. The minimum absolute atomic E-state index is 0.00800. The first kappa shape index (κ1) is 34.7. The average molecular weight is 642 g/mol. The van der Waals surface area contributed by atoms with Gasteiger partial charge in [-0.15, -0.1) is 0 Å². The van der Waals surface area contributed by atoms with Crippen molar-refractivity contribution in [1.29, 1.82) is 0 Å². The fraction of sp³-hybridized carbons (Fsp3) is 0.361. The Labute approximate surface area is 275 Å². The lowest BCUT2D eigenvalue weighted by atomic mass is 10.0. The first-order valence-electron chi connectivity index (χ1n) is 15.9. The zero-order chi connectivity index (χ0) is 33.6. The van der Waals surface area contributed by atoms with Gasteiger partial charge >= 0.3 is 0 Å². The molecule has 1 aliphatic rings. The summed E-state index contributed by atoms with van der Waals surface area (Å²) in [5, 5.41) is 8.41. The Kier molecular flexibility index (Phi) is 12.9. The molecule has 11 nitrogen and oxygen atoms in total. The van der Waals surface area contributed by atoms with E-state index in [2.05, 4.69) is 16.0 Å². The Morgan fingerprint density at radius 2 is 1.57 bits per heavy atom. The molecule has 0 fully saturated rings. The van der Waals surface area contributed by atoms with Crippen LogP contribution in [0.2, 0.25) is 0 Å². The Bertz CT molecular complexity index is 1520. The molecule has 3 atom stereocenters. The van der Waals surface area contributed by atoms with Crippen LogP contribution < -0.4 is 26.4 Å². The number of carbonyl (C=O) groups is 5. The van der Waals surface area contributed by atoms with Crippen LogP contribution in [0, 0.1) is 0 Å². The number of hydrogen-bond acceptors (Lipinski definition) is 6. The second-order valence-corrected chi connectivity index (χ2v) is 11.7. The molecular formula is C36H43N5O6. The van der Waals surface area contributed by atoms with Crippen molar-refractivity contribution in [3.8, 4) is 5.75 Å². The van der Waals surface area contributed by atoms with Crippen molar-refractivity contribution in [2.75, 3.05) is 20.2 Å². The van der Waals surface area contributed by atoms with Gasteiger partial charge in [0, 0.05) is 26.4 Å². The number of fused-ring (bicyclic) bond motifs is 1. The number of nitrogens with one attached hydrogen (secondary N) is 3. The van der Waals surface area contributed by atoms with Crippen LogP contribution in [-0.2, 0) is 32.0 Å². The molecular weight excluding hydrogens is 598 g/mol. The zero-order valence-corrected chi connectivity index (χ0v) is 26.7. The van der Waals surface area contributed by atoms with Gasteiger partial charge < -0.3 is 31.3 Å². The van der Waals surface area contributed by atoms with E-state index in [0.717, 1.165) is 17.5 Å². The van der Waals surface area contributed by atoms with Gasteiger partial charge in [0.15, 0.2) is 0 Å². The number of primary amides is 1. The van der Waals surface area contributed by atoms with Gasteiger partial charge in [-0.25, -0.2) is 0 Å². The SMILES string of the molecule is CN1C(=O)[C@H](CCC(N)=O)NC(=O)CC[C@@H](C(=O)NCCCc2ccccc2)NC(=O)c2ccccc2OC[C@H]1Cc1ccccc1. The minimum Gasteiger partial charge on any atom is -0.491 e. The smallest absolute Gasteiger partial charge is 0.255 e. The molecule has 0 saturated carbocycles. The van der Waals surface area contributed by atoms with Gasteiger partial charge in [0.25, 0.3) is 5.91 Å². The number of likely N-dealkylation sites (N-methyl/N-ethyl adjacent to an activating group) is 1. The van der Waals surface area contributed by atoms with Crippen LogP contribution in [0.25, 0.3) is 0 Å². The lowest BCUT2D eigenvalue weighted by molar-refractivity contribution is -0.138. The summed E-state index contributed by atoms with van der Waals surface area (Å²) in [4.78, 5) is 67.1. The molecule has 0 spiro atoms. The highest BCUT2D eigenvalue weighted by Crippen LogP contribution is 2.21. The molecule has 1 heterocycles. The lowest BCUT2D eigenvalue weighted by Crippen LogP contribution is -2.52. The van der Waals surface area contributed by atoms with Gasteiger partial charge in [-0.2, -0.15) is 0 Å². The molecule has 5 N–H and O–H groups in total. The molecule has 47 heavy (non-hydrogen) atoms. The van der Waals surface area contributed by atoms with Gasteiger partial charge in [0.1, 0.15) is 24.4 Å². The number of benzene rings is 3. The molecule has 4 rings (SSSR count). The minimum atomic E-state index is -1.03. The number of nitrogens with zero attached hydrogens (tertiary/aromatic N) is 1. The van der Waals surface area contributed by atoms with Crippen LogP contribution in [0.4, 0.5) is 0 Å². The number of ether oxygens (including phenoxy) is 1. The third-order valence-electron chi connectivity index (χ3n) is 8.15. The lowest BCUT2D eigenvalue weighted by Gasteiger charge is -2.32. The van der Waals surface area contributed by atoms with E-state index in [4.69, 9.17) is 10.5 Å². The monoisotopic (exact) mass is 641 g/mol. The van der Waals surface area contributed by atoms with Crippen molar-refractivity contribution >= 4 is 29.5 Å². The number of rotatable bonds is 10. The maximum absolute atomic E-state index is 13.8. The van der Waals surface area contributed by atoms with E-state index in [9.17, 15) is 24.0 Å². The van der Waals surface area contributed by atoms with Crippen LogP contribution in [-0.4, -0.2) is 72.8 Å². The molecule has 0 aliphatic carbocycles. The topological polar surface area (TPSA) is 160 Å². The van der Waals surface area contributed by atoms with Gasteiger partial charge in [-0.1, -0.05) is 72.8 Å². The fourth-order valence-electron chi connectivity index (χ4n) is 5.45. The first-order valence-corrected chi connectivity index (χ1v) is 15.9. The largest absolute Gasteiger partial charge is 0.491 e. The Morgan fingerprint density at radius 3 is 2.28 bits per heavy atom. The van der Waals surface area contributed by atoms with Crippen LogP contribution in [0.1, 0.15) is 53.6 Å². The number of aryl methyl sites for hydroxylation is 1. The number of amides is 5. The highest BCUT2D eigenvalue weighted by atomic mass is 16.5. The van der Waals surface area contributed by atoms with Gasteiger partial charge in [-0.3, -0.25) is 24.0 Å². The zero-order valence-electron chi connectivity index (χ0n) is 26.7. The van der Waals surface area contributed by atoms with Gasteiger partial charge in [0.2, 0.25) is 23.6 Å². The standard InChI is InChI=1S/C36H43N5O6/c1-41-27(23-26-13-6-3-7-14-26)24-47-31-17-9-8-16-28(31)34(44)40-29(35(45)38-22-10-15-25-11-4-2-5-12-25)19-21-33(43)39-30(36(41)46)18-20-32(37)42/h2-9,11-14,16-17,27,29-30H,10,15,18-24H2,1H3,(H2,37,42)(H,38,45)(H,39,43)(H,40,44)/t27-,29+,30+/m1/s1. The molecule has 0 unspecified atom stereocenters. The number of nitrogens with two attached hydrogens (primary N) is 1. The van der Waals surface area contributed by atoms with Gasteiger partial charge in [0.05, 0.1) is 11.6 Å². The van der Waals surface area contributed by atoms with E-state index in [1.54, 1.807) is 31.3 Å². The molecule has 1 aliphatic heterocycles. The summed E-state index contributed by atoms with van der Waals surface area (Å²) in [6.45, 7) is 0.411. The average Bonchev–Trinajstić information content (AvgIpc) is 3.08. The molecule has 0 radical (unpaired) electrons. The van der Waals surface area contributed by atoms with Crippen molar-refractivity contribution in [2.45, 2.75) is 63.1 Å². The summed E-state index contributed by atoms with van der Waals surface area (Å²) in [5.41, 5.74) is 7.72. The van der Waals surface area contributed by atoms with Crippen molar-refractivity contribution in [2.24, 2.45) is 5.73 Å². The second-order valence-electron chi connectivity index (χ2n) is 11.7. The summed E-state index contributed by atoms with van der Waals surface area (Å²) < 4.78 is 6.19. The highest BCUT2D eigenvalue weighted by molar-refractivity contribution is 6.00. The van der Waals surface area contributed by atoms with E-state index in [-0.39, 0.29) is 37.9 Å².